The molecular weight excluding hydrogens is 427 g/mol. The minimum atomic E-state index is -3.80. The van der Waals surface area contributed by atoms with Crippen molar-refractivity contribution in [3.63, 3.8) is 0 Å². The van der Waals surface area contributed by atoms with Gasteiger partial charge in [-0.05, 0) is 61.2 Å². The van der Waals surface area contributed by atoms with E-state index in [1.807, 2.05) is 24.3 Å². The molecule has 0 bridgehead atoms. The Kier molecular flexibility index (Phi) is 6.48. The van der Waals surface area contributed by atoms with Crippen LogP contribution in [0.15, 0.2) is 77.7 Å². The summed E-state index contributed by atoms with van der Waals surface area (Å²) in [5.41, 5.74) is 2.78. The highest BCUT2D eigenvalue weighted by Crippen LogP contribution is 2.33. The molecule has 0 radical (unpaired) electrons. The summed E-state index contributed by atoms with van der Waals surface area (Å²) in [6.45, 7) is 2.82. The van der Waals surface area contributed by atoms with E-state index in [9.17, 15) is 12.8 Å². The highest BCUT2D eigenvalue weighted by atomic mass is 32.2. The number of halogens is 1. The van der Waals surface area contributed by atoms with Gasteiger partial charge in [0, 0.05) is 25.7 Å². The van der Waals surface area contributed by atoms with E-state index in [4.69, 9.17) is 4.74 Å². The van der Waals surface area contributed by atoms with E-state index < -0.39 is 15.8 Å². The summed E-state index contributed by atoms with van der Waals surface area (Å²) >= 11 is 0. The lowest BCUT2D eigenvalue weighted by Gasteiger charge is -2.29. The number of hydrogen-bond donors (Lipinski definition) is 1. The van der Waals surface area contributed by atoms with Crippen molar-refractivity contribution in [3.05, 3.63) is 89.7 Å². The highest BCUT2D eigenvalue weighted by molar-refractivity contribution is 7.92. The fourth-order valence-corrected chi connectivity index (χ4v) is 5.01. The lowest BCUT2D eigenvalue weighted by molar-refractivity contribution is 0.167. The number of fused-ring (bicyclic) bond motifs is 1. The molecule has 3 aromatic rings. The van der Waals surface area contributed by atoms with Crippen LogP contribution in [-0.2, 0) is 16.4 Å². The number of hydrogen-bond acceptors (Lipinski definition) is 4. The molecule has 0 saturated carbocycles. The summed E-state index contributed by atoms with van der Waals surface area (Å²) in [5.74, 6) is 0.226. The van der Waals surface area contributed by atoms with Gasteiger partial charge in [0.25, 0.3) is 10.0 Å². The van der Waals surface area contributed by atoms with E-state index >= 15 is 0 Å². The topological polar surface area (TPSA) is 58.6 Å². The quantitative estimate of drug-likeness (QED) is 0.563. The fourth-order valence-electron chi connectivity index (χ4n) is 3.83. The number of nitrogens with zero attached hydrogens (tertiary/aromatic N) is 1. The first-order chi connectivity index (χ1) is 15.3. The smallest absolute Gasteiger partial charge is 0.264 e. The second-order valence-corrected chi connectivity index (χ2v) is 10.0. The van der Waals surface area contributed by atoms with Gasteiger partial charge in [-0.2, -0.15) is 0 Å². The average molecular weight is 455 g/mol. The molecule has 168 valence electrons. The Bertz CT molecular complexity index is 1170. The van der Waals surface area contributed by atoms with Gasteiger partial charge in [-0.15, -0.1) is 0 Å². The SMILES string of the molecule is C[C@@H](NCC1CCc2ccc(N(C)S(=O)(=O)c3ccc(F)cc3)cc2O1)c1ccccc1. The molecule has 0 spiro atoms. The summed E-state index contributed by atoms with van der Waals surface area (Å²) < 4.78 is 46.5. The van der Waals surface area contributed by atoms with Crippen molar-refractivity contribution in [2.75, 3.05) is 17.9 Å². The molecule has 32 heavy (non-hydrogen) atoms. The van der Waals surface area contributed by atoms with Crippen molar-refractivity contribution in [2.45, 2.75) is 36.8 Å². The molecule has 0 aliphatic carbocycles. The van der Waals surface area contributed by atoms with Gasteiger partial charge >= 0.3 is 0 Å². The van der Waals surface area contributed by atoms with Gasteiger partial charge in [0.15, 0.2) is 0 Å². The van der Waals surface area contributed by atoms with Crippen molar-refractivity contribution in [1.82, 2.24) is 5.32 Å². The molecular formula is C25H27FN2O3S. The van der Waals surface area contributed by atoms with Gasteiger partial charge in [-0.25, -0.2) is 12.8 Å². The predicted octanol–water partition coefficient (Wildman–Crippen LogP) is 4.70. The zero-order valence-electron chi connectivity index (χ0n) is 18.2. The zero-order chi connectivity index (χ0) is 22.7. The number of anilines is 1. The molecule has 0 fully saturated rings. The Morgan fingerprint density at radius 1 is 1.09 bits per heavy atom. The number of sulfonamides is 1. The molecule has 0 amide bonds. The molecule has 4 rings (SSSR count). The lowest BCUT2D eigenvalue weighted by atomic mass is 10.0. The Hall–Kier alpha value is -2.90. The van der Waals surface area contributed by atoms with Gasteiger partial charge in [0.05, 0.1) is 10.6 Å². The van der Waals surface area contributed by atoms with Crippen LogP contribution >= 0.6 is 0 Å². The number of rotatable bonds is 7. The summed E-state index contributed by atoms with van der Waals surface area (Å²) in [5, 5.41) is 3.53. The van der Waals surface area contributed by atoms with Crippen LogP contribution in [0.4, 0.5) is 10.1 Å². The first-order valence-electron chi connectivity index (χ1n) is 10.7. The maximum Gasteiger partial charge on any atom is 0.264 e. The van der Waals surface area contributed by atoms with Crippen LogP contribution in [0.25, 0.3) is 0 Å². The number of ether oxygens (including phenoxy) is 1. The maximum absolute atomic E-state index is 13.2. The molecule has 5 nitrogen and oxygen atoms in total. The molecule has 1 N–H and O–H groups in total. The highest BCUT2D eigenvalue weighted by Gasteiger charge is 2.25. The fraction of sp³-hybridized carbons (Fsp3) is 0.280. The van der Waals surface area contributed by atoms with Crippen molar-refractivity contribution < 1.29 is 17.5 Å². The maximum atomic E-state index is 13.2. The number of nitrogens with one attached hydrogen (secondary N) is 1. The summed E-state index contributed by atoms with van der Waals surface area (Å²) in [6.07, 6.45) is 1.77. The second kappa shape index (κ2) is 9.30. The van der Waals surface area contributed by atoms with Crippen LogP contribution in [0.1, 0.15) is 30.5 Å². The third-order valence-electron chi connectivity index (χ3n) is 5.87. The minimum Gasteiger partial charge on any atom is -0.489 e. The molecule has 0 aromatic heterocycles. The van der Waals surface area contributed by atoms with E-state index in [2.05, 4.69) is 24.4 Å². The minimum absolute atomic E-state index is 0.00271. The van der Waals surface area contributed by atoms with Gasteiger partial charge in [0.2, 0.25) is 0 Å². The van der Waals surface area contributed by atoms with Crippen LogP contribution in [0.2, 0.25) is 0 Å². The summed E-state index contributed by atoms with van der Waals surface area (Å²) in [4.78, 5) is 0.0389. The zero-order valence-corrected chi connectivity index (χ0v) is 19.0. The molecule has 3 aromatic carbocycles. The van der Waals surface area contributed by atoms with Gasteiger partial charge in [0.1, 0.15) is 17.7 Å². The molecule has 1 unspecified atom stereocenters. The molecule has 1 aliphatic rings. The van der Waals surface area contributed by atoms with Gasteiger partial charge < -0.3 is 10.1 Å². The van der Waals surface area contributed by atoms with Crippen molar-refractivity contribution in [3.8, 4) is 5.75 Å². The third kappa shape index (κ3) is 4.79. The van der Waals surface area contributed by atoms with Crippen molar-refractivity contribution in [2.24, 2.45) is 0 Å². The first-order valence-corrected chi connectivity index (χ1v) is 12.1. The van der Waals surface area contributed by atoms with Crippen LogP contribution in [0, 0.1) is 5.82 Å². The Labute approximate surface area is 188 Å². The normalized spacial score (nSPS) is 16.7. The Morgan fingerprint density at radius 2 is 1.81 bits per heavy atom. The number of benzene rings is 3. The predicted molar refractivity (Wildman–Crippen MR) is 124 cm³/mol. The lowest BCUT2D eigenvalue weighted by Crippen LogP contribution is -2.35. The van der Waals surface area contributed by atoms with Crippen molar-refractivity contribution >= 4 is 15.7 Å². The average Bonchev–Trinajstić information content (AvgIpc) is 2.82. The molecule has 2 atom stereocenters. The standard InChI is InChI=1S/C25H27FN2O3S/c1-18(19-6-4-3-5-7-19)27-17-23-13-9-20-8-12-22(16-25(20)31-23)28(2)32(29,30)24-14-10-21(26)11-15-24/h3-8,10-12,14-16,18,23,27H,9,13,17H2,1-2H3/t18-,23?/m1/s1. The van der Waals surface area contributed by atoms with Crippen molar-refractivity contribution in [1.29, 1.82) is 0 Å². The third-order valence-corrected chi connectivity index (χ3v) is 7.67. The molecule has 1 heterocycles. The number of aryl methyl sites for hydroxylation is 1. The first kappa shape index (κ1) is 22.3. The van der Waals surface area contributed by atoms with E-state index in [-0.39, 0.29) is 17.0 Å². The second-order valence-electron chi connectivity index (χ2n) is 8.04. The monoisotopic (exact) mass is 454 g/mol. The largest absolute Gasteiger partial charge is 0.489 e. The van der Waals surface area contributed by atoms with E-state index in [1.54, 1.807) is 12.1 Å². The summed E-state index contributed by atoms with van der Waals surface area (Å²) in [7, 11) is -2.31. The van der Waals surface area contributed by atoms with Gasteiger partial charge in [-0.3, -0.25) is 4.31 Å². The van der Waals surface area contributed by atoms with Crippen LogP contribution in [0.3, 0.4) is 0 Å². The van der Waals surface area contributed by atoms with E-state index in [0.717, 1.165) is 30.5 Å². The van der Waals surface area contributed by atoms with Crippen LogP contribution < -0.4 is 14.4 Å². The van der Waals surface area contributed by atoms with Gasteiger partial charge in [-0.1, -0.05) is 36.4 Å². The van der Waals surface area contributed by atoms with E-state index in [0.29, 0.717) is 18.0 Å². The van der Waals surface area contributed by atoms with E-state index in [1.165, 1.54) is 29.0 Å². The Balaban J connectivity index is 1.46. The molecule has 1 aliphatic heterocycles. The Morgan fingerprint density at radius 3 is 2.53 bits per heavy atom. The van der Waals surface area contributed by atoms with Crippen LogP contribution in [0.5, 0.6) is 5.75 Å². The summed E-state index contributed by atoms with van der Waals surface area (Å²) in [6, 6.07) is 20.7. The molecule has 7 heteroatoms. The molecule has 0 saturated heterocycles. The van der Waals surface area contributed by atoms with Crippen LogP contribution in [-0.4, -0.2) is 28.1 Å².